The lowest BCUT2D eigenvalue weighted by Gasteiger charge is -2.32. The molecule has 0 aliphatic carbocycles. The minimum Gasteiger partial charge on any atom is -0.398 e. The average molecular weight is 534 g/mol. The zero-order chi connectivity index (χ0) is 24.5. The van der Waals surface area contributed by atoms with Gasteiger partial charge < -0.3 is 11.1 Å². The van der Waals surface area contributed by atoms with E-state index in [-0.39, 0.29) is 6.04 Å². The van der Waals surface area contributed by atoms with Crippen LogP contribution in [-0.4, -0.2) is 42.8 Å². The number of rotatable bonds is 6. The van der Waals surface area contributed by atoms with Crippen molar-refractivity contribution in [3.8, 4) is 22.6 Å². The third-order valence-corrected chi connectivity index (χ3v) is 8.22. The minimum absolute atomic E-state index is 0.254. The van der Waals surface area contributed by atoms with E-state index >= 15 is 0 Å². The van der Waals surface area contributed by atoms with Gasteiger partial charge in [0.1, 0.15) is 11.4 Å². The number of nitrogens with one attached hydrogen (secondary N) is 1. The summed E-state index contributed by atoms with van der Waals surface area (Å²) in [6.07, 6.45) is 6.00. The van der Waals surface area contributed by atoms with Crippen LogP contribution in [0.5, 0.6) is 0 Å². The summed E-state index contributed by atoms with van der Waals surface area (Å²) < 4.78 is 4.46. The molecule has 4 heterocycles. The largest absolute Gasteiger partial charge is 0.398 e. The van der Waals surface area contributed by atoms with Crippen LogP contribution in [0.15, 0.2) is 77.3 Å². The standard InChI is InChI=1S/C26H24ClN7S2/c27-17-7-9-19(10-8-17)36-33-13-3-4-18(16-33)30-25-29-12-11-22(31-25)24-23(20-5-1-2-6-21(20)28)32-26-34(24)14-15-35-26/h1-2,5-12,14-15,18H,3-4,13,16,28H2,(H,29,30,31)/t18-/m1/s1. The first-order valence-corrected chi connectivity index (χ1v) is 13.8. The first-order chi connectivity index (χ1) is 17.6. The van der Waals surface area contributed by atoms with E-state index in [9.17, 15) is 0 Å². The third kappa shape index (κ3) is 4.79. The van der Waals surface area contributed by atoms with E-state index in [1.807, 2.05) is 54.0 Å². The zero-order valence-corrected chi connectivity index (χ0v) is 21.7. The summed E-state index contributed by atoms with van der Waals surface area (Å²) in [5.74, 6) is 0.619. The molecule has 1 aliphatic rings. The molecule has 0 bridgehead atoms. The van der Waals surface area contributed by atoms with Gasteiger partial charge in [0.25, 0.3) is 0 Å². The Morgan fingerprint density at radius 2 is 1.94 bits per heavy atom. The van der Waals surface area contributed by atoms with E-state index in [1.165, 1.54) is 4.90 Å². The maximum atomic E-state index is 6.32. The Hall–Kier alpha value is -3.11. The SMILES string of the molecule is Nc1ccccc1-c1nc2sccn2c1-c1ccnc(N[C@@H]2CCCN(Sc3ccc(Cl)cc3)C2)n1. The molecule has 0 saturated carbocycles. The maximum Gasteiger partial charge on any atom is 0.223 e. The van der Waals surface area contributed by atoms with E-state index in [0.717, 1.165) is 58.6 Å². The number of thiazole rings is 1. The molecule has 0 radical (unpaired) electrons. The number of aromatic nitrogens is 4. The highest BCUT2D eigenvalue weighted by atomic mass is 35.5. The van der Waals surface area contributed by atoms with Crippen molar-refractivity contribution in [2.75, 3.05) is 24.1 Å². The Morgan fingerprint density at radius 1 is 1.08 bits per heavy atom. The predicted molar refractivity (Wildman–Crippen MR) is 149 cm³/mol. The summed E-state index contributed by atoms with van der Waals surface area (Å²) in [5.41, 5.74) is 10.5. The number of imidazole rings is 1. The molecule has 182 valence electrons. The fraction of sp³-hybridized carbons (Fsp3) is 0.192. The van der Waals surface area contributed by atoms with Gasteiger partial charge in [0.2, 0.25) is 5.95 Å². The molecule has 3 N–H and O–H groups in total. The molecular weight excluding hydrogens is 510 g/mol. The second kappa shape index (κ2) is 10.1. The second-order valence-corrected chi connectivity index (χ2v) is 11.1. The summed E-state index contributed by atoms with van der Waals surface area (Å²) in [7, 11) is 0. The number of anilines is 2. The first-order valence-electron chi connectivity index (χ1n) is 11.7. The van der Waals surface area contributed by atoms with Gasteiger partial charge in [0, 0.05) is 58.1 Å². The lowest BCUT2D eigenvalue weighted by molar-refractivity contribution is 0.355. The number of hydrogen-bond acceptors (Lipinski definition) is 8. The van der Waals surface area contributed by atoms with Crippen molar-refractivity contribution in [2.45, 2.75) is 23.8 Å². The van der Waals surface area contributed by atoms with Gasteiger partial charge in [0.15, 0.2) is 4.96 Å². The Bertz CT molecular complexity index is 1500. The highest BCUT2D eigenvalue weighted by molar-refractivity contribution is 7.97. The molecule has 6 rings (SSSR count). The highest BCUT2D eigenvalue weighted by Gasteiger charge is 2.23. The third-order valence-electron chi connectivity index (χ3n) is 6.14. The average Bonchev–Trinajstić information content (AvgIpc) is 3.48. The second-order valence-electron chi connectivity index (χ2n) is 8.63. The number of nitrogens with zero attached hydrogens (tertiary/aromatic N) is 5. The molecule has 7 nitrogen and oxygen atoms in total. The molecule has 2 aromatic carbocycles. The van der Waals surface area contributed by atoms with E-state index in [2.05, 4.69) is 31.1 Å². The van der Waals surface area contributed by atoms with Crippen molar-refractivity contribution >= 4 is 51.5 Å². The predicted octanol–water partition coefficient (Wildman–Crippen LogP) is 6.34. The molecule has 3 aromatic heterocycles. The molecule has 1 aliphatic heterocycles. The fourth-order valence-electron chi connectivity index (χ4n) is 4.46. The number of benzene rings is 2. The van der Waals surface area contributed by atoms with Crippen molar-refractivity contribution < 1.29 is 0 Å². The highest BCUT2D eigenvalue weighted by Crippen LogP contribution is 2.36. The van der Waals surface area contributed by atoms with Crippen LogP contribution < -0.4 is 11.1 Å². The number of para-hydroxylation sites is 1. The van der Waals surface area contributed by atoms with Gasteiger partial charge in [-0.25, -0.2) is 19.3 Å². The van der Waals surface area contributed by atoms with Crippen LogP contribution in [0.3, 0.4) is 0 Å². The van der Waals surface area contributed by atoms with Gasteiger partial charge in [-0.2, -0.15) is 0 Å². The van der Waals surface area contributed by atoms with Crippen molar-refractivity contribution in [2.24, 2.45) is 0 Å². The number of nitrogen functional groups attached to an aromatic ring is 1. The summed E-state index contributed by atoms with van der Waals surface area (Å²) in [6.45, 7) is 1.94. The van der Waals surface area contributed by atoms with Crippen LogP contribution >= 0.6 is 34.9 Å². The van der Waals surface area contributed by atoms with Gasteiger partial charge >= 0.3 is 0 Å². The summed E-state index contributed by atoms with van der Waals surface area (Å²) in [4.78, 5) is 16.4. The van der Waals surface area contributed by atoms with Crippen LogP contribution in [0, 0.1) is 0 Å². The van der Waals surface area contributed by atoms with Gasteiger partial charge in [-0.05, 0) is 61.2 Å². The smallest absolute Gasteiger partial charge is 0.223 e. The zero-order valence-electron chi connectivity index (χ0n) is 19.3. The monoisotopic (exact) mass is 533 g/mol. The van der Waals surface area contributed by atoms with E-state index in [0.29, 0.717) is 11.6 Å². The van der Waals surface area contributed by atoms with E-state index < -0.39 is 0 Å². The molecule has 10 heteroatoms. The van der Waals surface area contributed by atoms with Crippen LogP contribution in [0.1, 0.15) is 12.8 Å². The fourth-order valence-corrected chi connectivity index (χ4v) is 6.33. The number of hydrogen-bond donors (Lipinski definition) is 2. The normalized spacial score (nSPS) is 16.4. The number of fused-ring (bicyclic) bond motifs is 1. The van der Waals surface area contributed by atoms with E-state index in [4.69, 9.17) is 27.3 Å². The molecule has 1 atom stereocenters. The van der Waals surface area contributed by atoms with Gasteiger partial charge in [-0.3, -0.25) is 4.40 Å². The Balaban J connectivity index is 1.25. The Labute approximate surface area is 222 Å². The molecule has 0 amide bonds. The Kier molecular flexibility index (Phi) is 6.54. The van der Waals surface area contributed by atoms with Crippen LogP contribution in [0.2, 0.25) is 5.02 Å². The summed E-state index contributed by atoms with van der Waals surface area (Å²) in [6, 6.07) is 18.0. The molecule has 1 saturated heterocycles. The van der Waals surface area contributed by atoms with Crippen molar-refractivity contribution in [1.82, 2.24) is 23.7 Å². The Morgan fingerprint density at radius 3 is 2.81 bits per heavy atom. The van der Waals surface area contributed by atoms with Crippen LogP contribution in [0.25, 0.3) is 27.6 Å². The van der Waals surface area contributed by atoms with Crippen molar-refractivity contribution in [1.29, 1.82) is 0 Å². The quantitative estimate of drug-likeness (QED) is 0.194. The minimum atomic E-state index is 0.254. The van der Waals surface area contributed by atoms with Gasteiger partial charge in [0.05, 0.1) is 5.69 Å². The van der Waals surface area contributed by atoms with E-state index in [1.54, 1.807) is 29.5 Å². The first kappa shape index (κ1) is 23.3. The van der Waals surface area contributed by atoms with Gasteiger partial charge in [-0.15, -0.1) is 11.3 Å². The van der Waals surface area contributed by atoms with Crippen molar-refractivity contribution in [3.05, 3.63) is 77.4 Å². The number of halogens is 1. The summed E-state index contributed by atoms with van der Waals surface area (Å²) in [5, 5.41) is 6.35. The van der Waals surface area contributed by atoms with Crippen molar-refractivity contribution in [3.63, 3.8) is 0 Å². The van der Waals surface area contributed by atoms with Gasteiger partial charge in [-0.1, -0.05) is 29.8 Å². The van der Waals surface area contributed by atoms with Crippen LogP contribution in [0.4, 0.5) is 11.6 Å². The molecule has 36 heavy (non-hydrogen) atoms. The molecule has 0 spiro atoms. The molecule has 1 fully saturated rings. The molecule has 5 aromatic rings. The number of piperidine rings is 1. The molecular formula is C26H24ClN7S2. The van der Waals surface area contributed by atoms with Crippen LogP contribution in [-0.2, 0) is 0 Å². The topological polar surface area (TPSA) is 84.4 Å². The maximum absolute atomic E-state index is 6.32. The lowest BCUT2D eigenvalue weighted by Crippen LogP contribution is -2.38. The molecule has 0 unspecified atom stereocenters. The number of nitrogens with two attached hydrogens (primary N) is 1. The lowest BCUT2D eigenvalue weighted by atomic mass is 10.1. The summed E-state index contributed by atoms with van der Waals surface area (Å²) >= 11 is 9.39.